The van der Waals surface area contributed by atoms with Gasteiger partial charge in [-0.2, -0.15) is 0 Å². The zero-order valence-electron chi connectivity index (χ0n) is 64.6. The molecule has 2 aliphatic rings. The summed E-state index contributed by atoms with van der Waals surface area (Å²) in [6, 6.07) is 60.7. The summed E-state index contributed by atoms with van der Waals surface area (Å²) in [5.74, 6) is -1.79. The molecule has 8 aromatic carbocycles. The number of rotatable bonds is 23. The molecule has 24 nitrogen and oxygen atoms in total. The molecule has 2 saturated heterocycles. The predicted molar refractivity (Wildman–Crippen MR) is 482 cm³/mol. The van der Waals surface area contributed by atoms with Crippen LogP contribution in [0.3, 0.4) is 0 Å². The highest BCUT2D eigenvalue weighted by molar-refractivity contribution is 6.34. The first-order valence-electron chi connectivity index (χ1n) is 37.7. The van der Waals surface area contributed by atoms with E-state index >= 15 is 0 Å². The van der Waals surface area contributed by atoms with Crippen LogP contribution in [0.4, 0.5) is 46.0 Å². The van der Waals surface area contributed by atoms with E-state index in [1.807, 2.05) is 55.6 Å². The number of nitrogens with one attached hydrogen (secondary N) is 9. The first kappa shape index (κ1) is 90.1. The monoisotopic (exact) mass is 1780 g/mol. The molecule has 0 bridgehead atoms. The van der Waals surface area contributed by atoms with Crippen molar-refractivity contribution in [2.75, 3.05) is 75.8 Å². The molecule has 12 aromatic rings. The summed E-state index contributed by atoms with van der Waals surface area (Å²) < 4.78 is 0. The van der Waals surface area contributed by atoms with Crippen LogP contribution < -0.4 is 53.6 Å². The first-order valence-corrected chi connectivity index (χ1v) is 40.7. The minimum atomic E-state index is -0.467. The van der Waals surface area contributed by atoms with Gasteiger partial charge in [0.15, 0.2) is 0 Å². The highest BCUT2D eigenvalue weighted by atomic mass is 35.5. The average molecular weight is 1780 g/mol. The molecule has 2 fully saturated rings. The number of hydrogen-bond acceptors (Lipinski definition) is 16. The first-order chi connectivity index (χ1) is 58.4. The smallest absolute Gasteiger partial charge is 0.258 e. The number of likely N-dealkylation sites (tertiary alicyclic amines) is 2. The number of nitrogens with zero attached hydrogens (tertiary/aromatic N) is 6. The van der Waals surface area contributed by atoms with Gasteiger partial charge in [-0.15, -0.1) is 0 Å². The van der Waals surface area contributed by atoms with Gasteiger partial charge >= 0.3 is 0 Å². The van der Waals surface area contributed by atoms with Crippen molar-refractivity contribution in [3.8, 4) is 0 Å². The zero-order valence-corrected chi connectivity index (χ0v) is 70.7. The van der Waals surface area contributed by atoms with Crippen LogP contribution >= 0.6 is 92.8 Å². The van der Waals surface area contributed by atoms with Gasteiger partial charge in [0.2, 0.25) is 0 Å². The number of hydrogen-bond donors (Lipinski definition) is 10. The Balaban J connectivity index is 0.000000158. The fourth-order valence-electron chi connectivity index (χ4n) is 12.0. The standard InChI is InChI=1S/C25H24Cl2N4O2.C23H20Cl2N4O2.C21H18Cl2N4O2.C20H16Cl2N4O2/c26-19-8-10-22(21(14-19)25(33)30-23-11-9-20(27)15-28-23)29-24(32)18-6-4-17(5-7-18)16-31-12-2-1-3-13-31;24-17-6-8-20(19(12-17)23(31)28-21-9-7-18(25)13-26-21)27-22(30)16-4-2-15(3-5-16)14-29-10-1-11-29;1-24-11-13-2-4-14(5-3-13)20(28)26-18-8-6-15(22)10-17(18)21(29)27-19-9-7-16(23)12-25-19;21-14-5-7-17(25-19(27)13-3-1-12(10-23)2-4-13)16(9-14)20(28)26-18-8-6-15(22)11-24-18/h4-11,14-15H,1-3,12-13,16H2,(H,29,32)(H,28,30,33);2-9,12-13H,1,10-11,14H2,(H,27,30)(H,26,28,31);2-10,12,24H,11H2,1H3,(H,26,28)(H,25,27,29);1-9,11H,10,23H2,(H,25,27)(H,24,26,28). The van der Waals surface area contributed by atoms with Crippen molar-refractivity contribution >= 4 is 186 Å². The number of nitrogens with two attached hydrogens (primary N) is 1. The van der Waals surface area contributed by atoms with E-state index in [0.717, 1.165) is 50.4 Å². The average Bonchev–Trinajstić information content (AvgIpc) is 0.835. The maximum atomic E-state index is 12.9. The van der Waals surface area contributed by atoms with E-state index in [2.05, 4.69) is 77.6 Å². The van der Waals surface area contributed by atoms with Gasteiger partial charge < -0.3 is 53.6 Å². The Kier molecular flexibility index (Phi) is 33.1. The molecule has 0 saturated carbocycles. The van der Waals surface area contributed by atoms with Crippen LogP contribution in [0.1, 0.15) is 131 Å². The number of aromatic nitrogens is 4. The number of carbonyl (C=O) groups excluding carboxylic acids is 8. The molecular weight excluding hydrogens is 1700 g/mol. The van der Waals surface area contributed by atoms with E-state index < -0.39 is 23.6 Å². The molecule has 8 amide bonds. The van der Waals surface area contributed by atoms with Gasteiger partial charge in [0, 0.05) is 93.3 Å². The third kappa shape index (κ3) is 27.4. The lowest BCUT2D eigenvalue weighted by atomic mass is 10.1. The predicted octanol–water partition coefficient (Wildman–Crippen LogP) is 19.9. The van der Waals surface area contributed by atoms with Gasteiger partial charge in [-0.1, -0.05) is 148 Å². The number of piperidine rings is 1. The summed E-state index contributed by atoms with van der Waals surface area (Å²) in [7, 11) is 1.85. The van der Waals surface area contributed by atoms with Crippen molar-refractivity contribution in [2.24, 2.45) is 5.73 Å². The molecule has 6 heterocycles. The van der Waals surface area contributed by atoms with E-state index in [4.69, 9.17) is 98.5 Å². The van der Waals surface area contributed by atoms with Crippen LogP contribution in [0.5, 0.6) is 0 Å². The summed E-state index contributed by atoms with van der Waals surface area (Å²) in [4.78, 5) is 123. The fraction of sp³-hybridized carbons (Fsp3) is 0.146. The molecule has 14 rings (SSSR count). The largest absolute Gasteiger partial charge is 0.326 e. The van der Waals surface area contributed by atoms with Crippen molar-refractivity contribution < 1.29 is 38.4 Å². The van der Waals surface area contributed by atoms with Crippen LogP contribution in [0, 0.1) is 0 Å². The molecule has 0 atom stereocenters. The molecule has 0 spiro atoms. The van der Waals surface area contributed by atoms with E-state index in [9.17, 15) is 38.4 Å². The van der Waals surface area contributed by atoms with Crippen LogP contribution in [-0.4, -0.2) is 110 Å². The fourth-order valence-corrected chi connectivity index (χ4v) is 13.2. The van der Waals surface area contributed by atoms with Crippen LogP contribution in [0.15, 0.2) is 243 Å². The Hall–Kier alpha value is -11.7. The minimum Gasteiger partial charge on any atom is -0.326 e. The van der Waals surface area contributed by atoms with Crippen molar-refractivity contribution in [2.45, 2.75) is 51.9 Å². The highest BCUT2D eigenvalue weighted by Gasteiger charge is 2.23. The number of halogens is 8. The second kappa shape index (κ2) is 44.5. The van der Waals surface area contributed by atoms with Crippen molar-refractivity contribution in [1.29, 1.82) is 0 Å². The molecule has 618 valence electrons. The summed E-state index contributed by atoms with van der Waals surface area (Å²) in [5.41, 5.74) is 14.1. The quantitative estimate of drug-likeness (QED) is 0.0284. The van der Waals surface area contributed by atoms with Gasteiger partial charge in [0.05, 0.1) is 65.1 Å². The maximum absolute atomic E-state index is 12.9. The molecule has 121 heavy (non-hydrogen) atoms. The molecule has 32 heteroatoms. The van der Waals surface area contributed by atoms with Crippen molar-refractivity contribution in [3.63, 3.8) is 0 Å². The zero-order chi connectivity index (χ0) is 85.9. The lowest BCUT2D eigenvalue weighted by molar-refractivity contribution is 0.101. The van der Waals surface area contributed by atoms with Crippen molar-refractivity contribution in [1.82, 2.24) is 35.1 Å². The van der Waals surface area contributed by atoms with E-state index in [1.54, 1.807) is 146 Å². The van der Waals surface area contributed by atoms with Gasteiger partial charge in [0.1, 0.15) is 23.3 Å². The maximum Gasteiger partial charge on any atom is 0.258 e. The highest BCUT2D eigenvalue weighted by Crippen LogP contribution is 2.30. The molecule has 0 unspecified atom stereocenters. The van der Waals surface area contributed by atoms with E-state index in [0.29, 0.717) is 122 Å². The molecule has 4 aromatic heterocycles. The van der Waals surface area contributed by atoms with Crippen LogP contribution in [0.25, 0.3) is 0 Å². The summed E-state index contributed by atoms with van der Waals surface area (Å²) >= 11 is 47.6. The topological polar surface area (TPSA) is 329 Å². The van der Waals surface area contributed by atoms with Gasteiger partial charge in [0.25, 0.3) is 47.3 Å². The number of anilines is 8. The van der Waals surface area contributed by atoms with Crippen LogP contribution in [-0.2, 0) is 26.2 Å². The summed E-state index contributed by atoms with van der Waals surface area (Å²) in [5, 5.41) is 28.2. The second-order valence-electron chi connectivity index (χ2n) is 27.3. The molecule has 11 N–H and O–H groups in total. The minimum absolute atomic E-state index is 0.205. The van der Waals surface area contributed by atoms with Gasteiger partial charge in [-0.05, 0) is 245 Å². The molecular formula is C89H78Cl8N16O8. The van der Waals surface area contributed by atoms with Gasteiger partial charge in [-0.3, -0.25) is 48.2 Å². The van der Waals surface area contributed by atoms with Crippen molar-refractivity contribution in [3.05, 3.63) is 350 Å². The molecule has 0 aliphatic carbocycles. The van der Waals surface area contributed by atoms with Crippen LogP contribution in [0.2, 0.25) is 40.2 Å². The number of benzene rings is 8. The Morgan fingerprint density at radius 3 is 0.769 bits per heavy atom. The molecule has 2 aliphatic heterocycles. The SMILES string of the molecule is CNCc1ccc(C(=O)Nc2ccc(Cl)cc2C(=O)Nc2ccc(Cl)cn2)cc1.NCc1ccc(C(=O)Nc2ccc(Cl)cc2C(=O)Nc2ccc(Cl)cn2)cc1.O=C(Nc1ccc(Cl)cc1C(=O)Nc1ccc(Cl)cn1)c1ccc(CN2CCC2)cc1.O=C(Nc1ccc(Cl)cc1C(=O)Nc1ccc(Cl)cn1)c1ccc(CN2CCCCC2)cc1. The Morgan fingerprint density at radius 2 is 0.537 bits per heavy atom. The second-order valence-corrected chi connectivity index (χ2v) is 30.8. The number of pyridine rings is 4. The van der Waals surface area contributed by atoms with E-state index in [-0.39, 0.29) is 45.9 Å². The number of amides is 8. The third-order valence-electron chi connectivity index (χ3n) is 18.5. The normalized spacial score (nSPS) is 12.1. The Labute approximate surface area is 737 Å². The third-order valence-corrected chi connectivity index (χ3v) is 20.3. The van der Waals surface area contributed by atoms with E-state index in [1.165, 1.54) is 85.9 Å². The lowest BCUT2D eigenvalue weighted by Gasteiger charge is -2.30. The Bertz CT molecular complexity index is 5640. The Morgan fingerprint density at radius 1 is 0.289 bits per heavy atom. The summed E-state index contributed by atoms with van der Waals surface area (Å²) in [6.07, 6.45) is 10.7. The molecule has 0 radical (unpaired) electrons. The van der Waals surface area contributed by atoms with Gasteiger partial charge in [-0.25, -0.2) is 19.9 Å². The number of carbonyl (C=O) groups is 8. The lowest BCUT2D eigenvalue weighted by Crippen LogP contribution is -2.36. The summed E-state index contributed by atoms with van der Waals surface area (Å²) in [6.45, 7) is 7.36.